The van der Waals surface area contributed by atoms with Gasteiger partial charge >= 0.3 is 6.18 Å². The molecule has 0 aliphatic heterocycles. The summed E-state index contributed by atoms with van der Waals surface area (Å²) in [5.41, 5.74) is -1.34. The van der Waals surface area contributed by atoms with Crippen molar-refractivity contribution in [3.63, 3.8) is 0 Å². The molecule has 0 amide bonds. The van der Waals surface area contributed by atoms with Crippen molar-refractivity contribution >= 4 is 0 Å². The fourth-order valence-corrected chi connectivity index (χ4v) is 2.11. The first-order valence-electron chi connectivity index (χ1n) is 6.76. The maximum absolute atomic E-state index is 13.4. The predicted octanol–water partition coefficient (Wildman–Crippen LogP) is 4.31. The second-order valence-corrected chi connectivity index (χ2v) is 5.52. The zero-order chi connectivity index (χ0) is 16.3. The first-order chi connectivity index (χ1) is 9.60. The van der Waals surface area contributed by atoms with E-state index in [9.17, 15) is 17.6 Å². The van der Waals surface area contributed by atoms with Gasteiger partial charge in [-0.05, 0) is 44.5 Å². The molecule has 0 aliphatic rings. The number of hydrogen-bond acceptors (Lipinski definition) is 2. The van der Waals surface area contributed by atoms with Crippen molar-refractivity contribution in [3.05, 3.63) is 35.1 Å². The molecule has 1 atom stereocenters. The lowest BCUT2D eigenvalue weighted by Crippen LogP contribution is -2.32. The summed E-state index contributed by atoms with van der Waals surface area (Å²) in [7, 11) is 1.55. The molecule has 1 N–H and O–H groups in total. The zero-order valence-corrected chi connectivity index (χ0v) is 12.6. The Morgan fingerprint density at radius 1 is 1.24 bits per heavy atom. The molecule has 0 fully saturated rings. The van der Waals surface area contributed by atoms with E-state index in [4.69, 9.17) is 4.74 Å². The van der Waals surface area contributed by atoms with Crippen molar-refractivity contribution in [1.29, 1.82) is 0 Å². The number of alkyl halides is 3. The third-order valence-corrected chi connectivity index (χ3v) is 3.40. The van der Waals surface area contributed by atoms with Gasteiger partial charge < -0.3 is 10.1 Å². The number of nitrogens with one attached hydrogen (secondary N) is 1. The van der Waals surface area contributed by atoms with Crippen LogP contribution in [0.3, 0.4) is 0 Å². The van der Waals surface area contributed by atoms with Crippen LogP contribution in [0.2, 0.25) is 0 Å². The van der Waals surface area contributed by atoms with E-state index in [1.54, 1.807) is 7.11 Å². The highest BCUT2D eigenvalue weighted by Crippen LogP contribution is 2.34. The largest absolute Gasteiger partial charge is 0.419 e. The molecular weight excluding hydrogens is 286 g/mol. The molecule has 1 rings (SSSR count). The summed E-state index contributed by atoms with van der Waals surface area (Å²) < 4.78 is 57.1. The molecule has 0 saturated carbocycles. The zero-order valence-electron chi connectivity index (χ0n) is 12.6. The second kappa shape index (κ2) is 6.75. The van der Waals surface area contributed by atoms with Crippen molar-refractivity contribution in [1.82, 2.24) is 5.32 Å². The smallest absolute Gasteiger partial charge is 0.379 e. The molecule has 1 unspecified atom stereocenters. The van der Waals surface area contributed by atoms with Gasteiger partial charge in [-0.2, -0.15) is 13.2 Å². The molecule has 6 heteroatoms. The maximum atomic E-state index is 13.4. The van der Waals surface area contributed by atoms with Crippen molar-refractivity contribution in [3.8, 4) is 0 Å². The topological polar surface area (TPSA) is 21.3 Å². The van der Waals surface area contributed by atoms with Gasteiger partial charge in [0.25, 0.3) is 0 Å². The van der Waals surface area contributed by atoms with E-state index in [2.05, 4.69) is 5.32 Å². The number of hydrogen-bond donors (Lipinski definition) is 1. The van der Waals surface area contributed by atoms with Gasteiger partial charge in [0.05, 0.1) is 11.2 Å². The lowest BCUT2D eigenvalue weighted by atomic mass is 9.92. The average molecular weight is 307 g/mol. The van der Waals surface area contributed by atoms with Crippen LogP contribution in [-0.2, 0) is 10.9 Å². The molecule has 0 aliphatic carbocycles. The molecule has 2 nitrogen and oxygen atoms in total. The van der Waals surface area contributed by atoms with Crippen molar-refractivity contribution in [2.45, 2.75) is 45.0 Å². The number of halogens is 4. The number of benzene rings is 1. The molecule has 0 radical (unpaired) electrons. The summed E-state index contributed by atoms with van der Waals surface area (Å²) >= 11 is 0. The lowest BCUT2D eigenvalue weighted by molar-refractivity contribution is -0.140. The Morgan fingerprint density at radius 3 is 2.33 bits per heavy atom. The van der Waals surface area contributed by atoms with Crippen molar-refractivity contribution in [2.75, 3.05) is 13.7 Å². The fraction of sp³-hybridized carbons (Fsp3) is 0.600. The number of rotatable bonds is 6. The fourth-order valence-electron chi connectivity index (χ4n) is 2.11. The highest BCUT2D eigenvalue weighted by Gasteiger charge is 2.35. The Morgan fingerprint density at radius 2 is 1.86 bits per heavy atom. The van der Waals surface area contributed by atoms with E-state index >= 15 is 0 Å². The van der Waals surface area contributed by atoms with Crippen molar-refractivity contribution < 1.29 is 22.3 Å². The van der Waals surface area contributed by atoms with Gasteiger partial charge in [0.2, 0.25) is 0 Å². The summed E-state index contributed by atoms with van der Waals surface area (Å²) in [4.78, 5) is 0. The molecule has 0 spiro atoms. The minimum absolute atomic E-state index is 0.341. The molecule has 1 aromatic carbocycles. The third kappa shape index (κ3) is 4.97. The summed E-state index contributed by atoms with van der Waals surface area (Å²) in [6.45, 7) is 6.15. The molecule has 1 aromatic rings. The van der Waals surface area contributed by atoms with Gasteiger partial charge in [0.1, 0.15) is 5.82 Å². The van der Waals surface area contributed by atoms with Gasteiger partial charge in [-0.25, -0.2) is 4.39 Å². The van der Waals surface area contributed by atoms with Crippen LogP contribution in [0, 0.1) is 5.82 Å². The van der Waals surface area contributed by atoms with Crippen LogP contribution in [0.4, 0.5) is 17.6 Å². The van der Waals surface area contributed by atoms with E-state index < -0.39 is 23.2 Å². The summed E-state index contributed by atoms with van der Waals surface area (Å²) in [6, 6.07) is 2.77. The maximum Gasteiger partial charge on any atom is 0.419 e. The minimum atomic E-state index is -4.70. The monoisotopic (exact) mass is 307 g/mol. The highest BCUT2D eigenvalue weighted by atomic mass is 19.4. The van der Waals surface area contributed by atoms with Gasteiger partial charge in [-0.1, -0.05) is 13.0 Å². The van der Waals surface area contributed by atoms with E-state index in [0.29, 0.717) is 18.5 Å². The molecule has 0 bridgehead atoms. The number of ether oxygens (including phenoxy) is 1. The molecule has 0 saturated heterocycles. The second-order valence-electron chi connectivity index (χ2n) is 5.52. The van der Waals surface area contributed by atoms with Gasteiger partial charge in [0, 0.05) is 13.2 Å². The summed E-state index contributed by atoms with van der Waals surface area (Å²) in [5, 5.41) is 3.12. The Balaban J connectivity index is 3.15. The Labute approximate surface area is 122 Å². The Hall–Kier alpha value is -1.14. The van der Waals surface area contributed by atoms with Crippen LogP contribution in [0.25, 0.3) is 0 Å². The normalized spacial score (nSPS) is 14.3. The van der Waals surface area contributed by atoms with Crippen molar-refractivity contribution in [2.24, 2.45) is 0 Å². The lowest BCUT2D eigenvalue weighted by Gasteiger charge is -2.29. The molecule has 120 valence electrons. The van der Waals surface area contributed by atoms with Crippen LogP contribution >= 0.6 is 0 Å². The van der Waals surface area contributed by atoms with Gasteiger partial charge in [-0.3, -0.25) is 0 Å². The Bertz CT molecular complexity index is 471. The standard InChI is InChI=1S/C15H21F4NO/c1-5-20-13(9-14(2,3)21-4)10-6-7-12(16)11(8-10)15(17,18)19/h6-8,13,20H,5,9H2,1-4H3. The SMILES string of the molecule is CCNC(CC(C)(C)OC)c1ccc(F)c(C(F)(F)F)c1. The number of methoxy groups -OCH3 is 1. The molecular formula is C15H21F4NO. The van der Waals surface area contributed by atoms with Crippen LogP contribution in [0.5, 0.6) is 0 Å². The van der Waals surface area contributed by atoms with E-state index in [1.165, 1.54) is 6.07 Å². The molecule has 0 heterocycles. The van der Waals surface area contributed by atoms with E-state index in [0.717, 1.165) is 12.1 Å². The molecule has 0 aromatic heterocycles. The Kier molecular flexibility index (Phi) is 5.75. The van der Waals surface area contributed by atoms with E-state index in [-0.39, 0.29) is 6.04 Å². The van der Waals surface area contributed by atoms with Gasteiger partial charge in [-0.15, -0.1) is 0 Å². The summed E-state index contributed by atoms with van der Waals surface area (Å²) in [5.74, 6) is -1.26. The first kappa shape index (κ1) is 17.9. The molecule has 21 heavy (non-hydrogen) atoms. The average Bonchev–Trinajstić information content (AvgIpc) is 2.37. The third-order valence-electron chi connectivity index (χ3n) is 3.40. The van der Waals surface area contributed by atoms with Crippen LogP contribution in [0.15, 0.2) is 18.2 Å². The first-order valence-corrected chi connectivity index (χ1v) is 6.76. The minimum Gasteiger partial charge on any atom is -0.379 e. The van der Waals surface area contributed by atoms with Crippen LogP contribution in [-0.4, -0.2) is 19.3 Å². The highest BCUT2D eigenvalue weighted by molar-refractivity contribution is 5.29. The van der Waals surface area contributed by atoms with Gasteiger partial charge in [0.15, 0.2) is 0 Å². The van der Waals surface area contributed by atoms with Crippen LogP contribution < -0.4 is 5.32 Å². The quantitative estimate of drug-likeness (QED) is 0.791. The van der Waals surface area contributed by atoms with Crippen LogP contribution in [0.1, 0.15) is 44.4 Å². The van der Waals surface area contributed by atoms with E-state index in [1.807, 2.05) is 20.8 Å². The predicted molar refractivity (Wildman–Crippen MR) is 73.5 cm³/mol. The summed E-state index contributed by atoms with van der Waals surface area (Å²) in [6.07, 6.45) is -4.23.